The molecule has 1 fully saturated rings. The van der Waals surface area contributed by atoms with E-state index in [0.717, 1.165) is 18.7 Å². The van der Waals surface area contributed by atoms with E-state index in [2.05, 4.69) is 10.6 Å². The Kier molecular flexibility index (Phi) is 6.69. The maximum absolute atomic E-state index is 14.5. The van der Waals surface area contributed by atoms with Gasteiger partial charge in [-0.15, -0.1) is 0 Å². The van der Waals surface area contributed by atoms with Crippen LogP contribution in [-0.2, 0) is 0 Å². The number of β-amino-alcohol motifs (C(OH)–C–C–N with tert-alkyl or cyclic N) is 1. The van der Waals surface area contributed by atoms with Crippen LogP contribution in [0.15, 0.2) is 30.3 Å². The Balaban J connectivity index is 1.81. The molecule has 0 saturated carbocycles. The number of benzene rings is 2. The third-order valence-corrected chi connectivity index (χ3v) is 5.46. The van der Waals surface area contributed by atoms with Gasteiger partial charge >= 0.3 is 0 Å². The highest BCUT2D eigenvalue weighted by atomic mass is 127. The summed E-state index contributed by atoms with van der Waals surface area (Å²) in [5.41, 5.74) is -1.64. The molecule has 2 aromatic rings. The smallest absolute Gasteiger partial charge is 0.256 e. The molecule has 29 heavy (non-hydrogen) atoms. The van der Waals surface area contributed by atoms with Crippen molar-refractivity contribution >= 4 is 39.9 Å². The molecule has 0 radical (unpaired) electrons. The molecule has 1 aliphatic heterocycles. The Hall–Kier alpha value is -1.85. The molecule has 0 aliphatic carbocycles. The third kappa shape index (κ3) is 4.84. The first kappa shape index (κ1) is 21.8. The molecule has 9 heteroatoms. The Morgan fingerprint density at radius 3 is 2.59 bits per heavy atom. The van der Waals surface area contributed by atoms with E-state index in [0.29, 0.717) is 16.5 Å². The van der Waals surface area contributed by atoms with Crippen LogP contribution in [0.2, 0.25) is 0 Å². The summed E-state index contributed by atoms with van der Waals surface area (Å²) in [6.07, 6.45) is 0.474. The minimum absolute atomic E-state index is 0.0743. The minimum Gasteiger partial charge on any atom is -0.386 e. The minimum atomic E-state index is -1.27. The summed E-state index contributed by atoms with van der Waals surface area (Å²) in [7, 11) is 0. The molecule has 1 aliphatic rings. The van der Waals surface area contributed by atoms with Crippen LogP contribution in [0.1, 0.15) is 23.7 Å². The molecule has 0 unspecified atom stereocenters. The maximum Gasteiger partial charge on any atom is 0.256 e. The number of amides is 1. The lowest BCUT2D eigenvalue weighted by atomic mass is 9.89. The van der Waals surface area contributed by atoms with Crippen LogP contribution in [-0.4, -0.2) is 47.7 Å². The van der Waals surface area contributed by atoms with E-state index in [9.17, 15) is 23.1 Å². The van der Waals surface area contributed by atoms with E-state index >= 15 is 0 Å². The van der Waals surface area contributed by atoms with Crippen LogP contribution in [0.4, 0.5) is 24.5 Å². The maximum atomic E-state index is 14.5. The molecule has 0 aromatic heterocycles. The fourth-order valence-electron chi connectivity index (χ4n) is 3.21. The van der Waals surface area contributed by atoms with Gasteiger partial charge in [-0.1, -0.05) is 6.92 Å². The average molecular weight is 519 g/mol. The molecule has 5 nitrogen and oxygen atoms in total. The fraction of sp³-hybridized carbons (Fsp3) is 0.350. The van der Waals surface area contributed by atoms with Crippen molar-refractivity contribution in [3.8, 4) is 0 Å². The predicted octanol–water partition coefficient (Wildman–Crippen LogP) is 3.64. The molecular weight excluding hydrogens is 498 g/mol. The zero-order valence-corrected chi connectivity index (χ0v) is 17.9. The van der Waals surface area contributed by atoms with Gasteiger partial charge in [-0.05, 0) is 72.4 Å². The lowest BCUT2D eigenvalue weighted by molar-refractivity contribution is -0.0850. The SMILES string of the molecule is CCNCCC1(O)CN(C(=O)c2ccc(F)c(F)c2Nc2ccc(I)cc2F)C1. The highest BCUT2D eigenvalue weighted by molar-refractivity contribution is 14.1. The van der Waals surface area contributed by atoms with E-state index in [1.165, 1.54) is 17.0 Å². The third-order valence-electron chi connectivity index (χ3n) is 4.79. The lowest BCUT2D eigenvalue weighted by Crippen LogP contribution is -2.64. The number of likely N-dealkylation sites (tertiary alicyclic amines) is 1. The van der Waals surface area contributed by atoms with Crippen molar-refractivity contribution in [2.75, 3.05) is 31.5 Å². The fourth-order valence-corrected chi connectivity index (χ4v) is 3.66. The summed E-state index contributed by atoms with van der Waals surface area (Å²) in [5, 5.41) is 16.1. The Morgan fingerprint density at radius 1 is 1.21 bits per heavy atom. The molecule has 0 bridgehead atoms. The zero-order valence-electron chi connectivity index (χ0n) is 15.7. The van der Waals surface area contributed by atoms with E-state index in [-0.39, 0.29) is 24.3 Å². The van der Waals surface area contributed by atoms with Crippen molar-refractivity contribution in [3.05, 3.63) is 56.9 Å². The number of carbonyl (C=O) groups is 1. The molecular formula is C20H21F3IN3O2. The summed E-state index contributed by atoms with van der Waals surface area (Å²) in [4.78, 5) is 14.2. The van der Waals surface area contributed by atoms with Crippen LogP contribution in [0.5, 0.6) is 0 Å². The summed E-state index contributed by atoms with van der Waals surface area (Å²) in [5.74, 6) is -3.64. The number of rotatable bonds is 7. The first-order valence-electron chi connectivity index (χ1n) is 9.16. The van der Waals surface area contributed by atoms with Gasteiger partial charge < -0.3 is 20.6 Å². The van der Waals surface area contributed by atoms with E-state index in [4.69, 9.17) is 0 Å². The lowest BCUT2D eigenvalue weighted by Gasteiger charge is -2.46. The summed E-state index contributed by atoms with van der Waals surface area (Å²) in [6.45, 7) is 3.52. The normalized spacial score (nSPS) is 15.2. The first-order valence-corrected chi connectivity index (χ1v) is 10.2. The van der Waals surface area contributed by atoms with Crippen LogP contribution >= 0.6 is 22.6 Å². The van der Waals surface area contributed by atoms with Crippen molar-refractivity contribution in [1.29, 1.82) is 0 Å². The number of nitrogens with one attached hydrogen (secondary N) is 2. The summed E-state index contributed by atoms with van der Waals surface area (Å²) >= 11 is 1.93. The molecule has 3 N–H and O–H groups in total. The second-order valence-electron chi connectivity index (χ2n) is 7.02. The van der Waals surface area contributed by atoms with Gasteiger partial charge in [0.25, 0.3) is 5.91 Å². The number of hydrogen-bond donors (Lipinski definition) is 3. The standard InChI is InChI=1S/C20H21F3IN3O2/c1-2-25-8-7-20(29)10-27(11-20)19(28)13-4-5-14(21)17(23)18(13)26-16-6-3-12(24)9-15(16)22/h3-6,9,25-26,29H,2,7-8,10-11H2,1H3. The zero-order chi connectivity index (χ0) is 21.2. The molecule has 1 saturated heterocycles. The Labute approximate surface area is 180 Å². The first-order chi connectivity index (χ1) is 13.7. The van der Waals surface area contributed by atoms with Crippen molar-refractivity contribution in [3.63, 3.8) is 0 Å². The number of aliphatic hydroxyl groups is 1. The van der Waals surface area contributed by atoms with E-state index in [1.807, 2.05) is 29.5 Å². The van der Waals surface area contributed by atoms with Crippen LogP contribution < -0.4 is 10.6 Å². The Bertz CT molecular complexity index is 920. The molecule has 1 amide bonds. The molecule has 1 heterocycles. The second-order valence-corrected chi connectivity index (χ2v) is 8.27. The Morgan fingerprint density at radius 2 is 1.93 bits per heavy atom. The molecule has 2 aromatic carbocycles. The summed E-state index contributed by atoms with van der Waals surface area (Å²) < 4.78 is 43.1. The van der Waals surface area contributed by atoms with E-state index in [1.54, 1.807) is 6.07 Å². The van der Waals surface area contributed by atoms with Gasteiger partial charge in [0, 0.05) is 3.57 Å². The number of nitrogens with zero attached hydrogens (tertiary/aromatic N) is 1. The van der Waals surface area contributed by atoms with Crippen molar-refractivity contribution in [2.24, 2.45) is 0 Å². The highest BCUT2D eigenvalue weighted by Gasteiger charge is 2.43. The molecule has 0 spiro atoms. The molecule has 3 rings (SSSR count). The van der Waals surface area contributed by atoms with Gasteiger partial charge in [0.15, 0.2) is 11.6 Å². The topological polar surface area (TPSA) is 64.6 Å². The van der Waals surface area contributed by atoms with E-state index < -0.39 is 34.6 Å². The molecule has 156 valence electrons. The summed E-state index contributed by atoms with van der Waals surface area (Å²) in [6, 6.07) is 6.24. The van der Waals surface area contributed by atoms with Crippen molar-refractivity contribution in [1.82, 2.24) is 10.2 Å². The van der Waals surface area contributed by atoms with Crippen LogP contribution in [0.25, 0.3) is 0 Å². The monoisotopic (exact) mass is 519 g/mol. The van der Waals surface area contributed by atoms with Gasteiger partial charge in [0.2, 0.25) is 0 Å². The predicted molar refractivity (Wildman–Crippen MR) is 113 cm³/mol. The number of carbonyl (C=O) groups excluding carboxylic acids is 1. The van der Waals surface area contributed by atoms with Gasteiger partial charge in [-0.3, -0.25) is 4.79 Å². The highest BCUT2D eigenvalue weighted by Crippen LogP contribution is 2.32. The van der Waals surface area contributed by atoms with Crippen LogP contribution in [0.3, 0.4) is 0 Å². The van der Waals surface area contributed by atoms with Gasteiger partial charge in [-0.25, -0.2) is 13.2 Å². The molecule has 0 atom stereocenters. The average Bonchev–Trinajstić information content (AvgIpc) is 2.65. The van der Waals surface area contributed by atoms with Gasteiger partial charge in [-0.2, -0.15) is 0 Å². The van der Waals surface area contributed by atoms with Gasteiger partial charge in [0.05, 0.1) is 30.0 Å². The van der Waals surface area contributed by atoms with Crippen LogP contribution in [0, 0.1) is 21.0 Å². The quantitative estimate of drug-likeness (QED) is 0.387. The number of anilines is 2. The van der Waals surface area contributed by atoms with Crippen molar-refractivity contribution < 1.29 is 23.1 Å². The largest absolute Gasteiger partial charge is 0.386 e. The second kappa shape index (κ2) is 8.88. The number of halogens is 4. The van der Waals surface area contributed by atoms with Crippen molar-refractivity contribution in [2.45, 2.75) is 18.9 Å². The van der Waals surface area contributed by atoms with Gasteiger partial charge in [0.1, 0.15) is 11.4 Å². The number of hydrogen-bond acceptors (Lipinski definition) is 4.